The maximum Gasteiger partial charge on any atom is 0.0639 e. The van der Waals surface area contributed by atoms with E-state index in [0.717, 1.165) is 43.5 Å². The Kier molecular flexibility index (Phi) is 16.7. The lowest BCUT2D eigenvalue weighted by Crippen LogP contribution is -2.14. The summed E-state index contributed by atoms with van der Waals surface area (Å²) in [6, 6.07) is 15.8. The zero-order valence-electron chi connectivity index (χ0n) is 25.5. The second-order valence-corrected chi connectivity index (χ2v) is 10.9. The fourth-order valence-electron chi connectivity index (χ4n) is 5.01. The van der Waals surface area contributed by atoms with E-state index in [1.807, 2.05) is 0 Å². The predicted molar refractivity (Wildman–Crippen MR) is 171 cm³/mol. The molecule has 210 valence electrons. The van der Waals surface area contributed by atoms with Gasteiger partial charge in [0, 0.05) is 0 Å². The van der Waals surface area contributed by atoms with Gasteiger partial charge in [-0.1, -0.05) is 117 Å². The Hall–Kier alpha value is -2.22. The summed E-state index contributed by atoms with van der Waals surface area (Å²) in [7, 11) is 0. The SMILES string of the molecule is CCCCCCCCC(=Nc1ccc(CC)cc1)C(CCCCCCCC)=Nc1cc(CC)cc(CC)c1. The highest BCUT2D eigenvalue weighted by Crippen LogP contribution is 2.23. The van der Waals surface area contributed by atoms with Gasteiger partial charge in [0.15, 0.2) is 0 Å². The monoisotopic (exact) mass is 516 g/mol. The first-order chi connectivity index (χ1) is 18.6. The fraction of sp³-hybridized carbons (Fsp3) is 0.611. The minimum absolute atomic E-state index is 1.02. The average molecular weight is 517 g/mol. The summed E-state index contributed by atoms with van der Waals surface area (Å²) >= 11 is 0. The van der Waals surface area contributed by atoms with Gasteiger partial charge >= 0.3 is 0 Å². The van der Waals surface area contributed by atoms with Gasteiger partial charge in [0.1, 0.15) is 0 Å². The van der Waals surface area contributed by atoms with Crippen LogP contribution >= 0.6 is 0 Å². The molecule has 0 bridgehead atoms. The van der Waals surface area contributed by atoms with Crippen LogP contribution in [0.15, 0.2) is 52.4 Å². The number of rotatable bonds is 20. The van der Waals surface area contributed by atoms with Gasteiger partial charge in [-0.25, -0.2) is 0 Å². The number of benzene rings is 2. The van der Waals surface area contributed by atoms with Crippen molar-refractivity contribution in [2.75, 3.05) is 0 Å². The van der Waals surface area contributed by atoms with E-state index in [-0.39, 0.29) is 0 Å². The summed E-state index contributed by atoms with van der Waals surface area (Å²) in [5.74, 6) is 0. The maximum absolute atomic E-state index is 5.35. The molecule has 0 heterocycles. The predicted octanol–water partition coefficient (Wildman–Crippen LogP) is 11.7. The van der Waals surface area contributed by atoms with E-state index in [0.29, 0.717) is 0 Å². The van der Waals surface area contributed by atoms with Crippen molar-refractivity contribution in [2.45, 2.75) is 144 Å². The van der Waals surface area contributed by atoms with E-state index < -0.39 is 0 Å². The topological polar surface area (TPSA) is 24.7 Å². The Bertz CT molecular complexity index is 930. The molecule has 0 N–H and O–H groups in total. The molecule has 0 aliphatic heterocycles. The van der Waals surface area contributed by atoms with Crippen LogP contribution in [0.2, 0.25) is 0 Å². The molecule has 0 amide bonds. The van der Waals surface area contributed by atoms with Crippen molar-refractivity contribution in [3.05, 3.63) is 59.2 Å². The fourth-order valence-corrected chi connectivity index (χ4v) is 5.01. The third-order valence-corrected chi connectivity index (χ3v) is 7.59. The van der Waals surface area contributed by atoms with Crippen molar-refractivity contribution >= 4 is 22.8 Å². The Labute approximate surface area is 235 Å². The van der Waals surface area contributed by atoms with Crippen LogP contribution in [0.5, 0.6) is 0 Å². The highest BCUT2D eigenvalue weighted by Gasteiger charge is 2.12. The van der Waals surface area contributed by atoms with Gasteiger partial charge in [0.25, 0.3) is 0 Å². The molecule has 0 spiro atoms. The molecule has 0 aromatic heterocycles. The van der Waals surface area contributed by atoms with Crippen LogP contribution < -0.4 is 0 Å². The quantitative estimate of drug-likeness (QED) is 0.123. The zero-order chi connectivity index (χ0) is 27.4. The van der Waals surface area contributed by atoms with E-state index in [4.69, 9.17) is 9.98 Å². The van der Waals surface area contributed by atoms with E-state index in [1.165, 1.54) is 105 Å². The number of hydrogen-bond acceptors (Lipinski definition) is 2. The smallest absolute Gasteiger partial charge is 0.0639 e. The highest BCUT2D eigenvalue weighted by molar-refractivity contribution is 6.43. The average Bonchev–Trinajstić information content (AvgIpc) is 2.95. The summed E-state index contributed by atoms with van der Waals surface area (Å²) < 4.78 is 0. The molecule has 2 heteroatoms. The summed E-state index contributed by atoms with van der Waals surface area (Å²) in [6.07, 6.45) is 20.8. The van der Waals surface area contributed by atoms with Gasteiger partial charge in [-0.05, 0) is 85.9 Å². The Morgan fingerprint density at radius 2 is 0.868 bits per heavy atom. The number of unbranched alkanes of at least 4 members (excludes halogenated alkanes) is 10. The van der Waals surface area contributed by atoms with Gasteiger partial charge in [0.05, 0.1) is 22.8 Å². The minimum Gasteiger partial charge on any atom is -0.252 e. The molecule has 2 aromatic carbocycles. The molecule has 0 aliphatic rings. The van der Waals surface area contributed by atoms with Crippen LogP contribution in [-0.4, -0.2) is 11.4 Å². The standard InChI is InChI=1S/C36H56N2/c1-6-11-13-15-17-19-21-35(37-33-25-23-30(8-3)24-26-33)36(22-20-18-16-14-12-7-2)38-34-28-31(9-4)27-32(10-5)29-34/h23-29H,6-22H2,1-5H3. The van der Waals surface area contributed by atoms with Gasteiger partial charge in [-0.15, -0.1) is 0 Å². The Morgan fingerprint density at radius 1 is 0.447 bits per heavy atom. The Morgan fingerprint density at radius 3 is 1.32 bits per heavy atom. The first-order valence-corrected chi connectivity index (χ1v) is 16.0. The minimum atomic E-state index is 1.02. The van der Waals surface area contributed by atoms with E-state index in [1.54, 1.807) is 0 Å². The van der Waals surface area contributed by atoms with Gasteiger partial charge in [-0.3, -0.25) is 9.98 Å². The van der Waals surface area contributed by atoms with Crippen molar-refractivity contribution in [1.29, 1.82) is 0 Å². The molecule has 0 radical (unpaired) electrons. The lowest BCUT2D eigenvalue weighted by Gasteiger charge is -2.13. The van der Waals surface area contributed by atoms with Gasteiger partial charge < -0.3 is 0 Å². The zero-order valence-corrected chi connectivity index (χ0v) is 25.5. The van der Waals surface area contributed by atoms with Crippen molar-refractivity contribution < 1.29 is 0 Å². The van der Waals surface area contributed by atoms with E-state index >= 15 is 0 Å². The number of nitrogens with zero attached hydrogens (tertiary/aromatic N) is 2. The van der Waals surface area contributed by atoms with Crippen molar-refractivity contribution in [3.63, 3.8) is 0 Å². The van der Waals surface area contributed by atoms with E-state index in [9.17, 15) is 0 Å². The lowest BCUT2D eigenvalue weighted by molar-refractivity contribution is 0.613. The number of hydrogen-bond donors (Lipinski definition) is 0. The van der Waals surface area contributed by atoms with Crippen LogP contribution in [0, 0.1) is 0 Å². The summed E-state index contributed by atoms with van der Waals surface area (Å²) in [4.78, 5) is 10.6. The molecular weight excluding hydrogens is 460 g/mol. The molecule has 0 atom stereocenters. The largest absolute Gasteiger partial charge is 0.252 e. The second kappa shape index (κ2) is 19.8. The summed E-state index contributed by atoms with van der Waals surface area (Å²) in [5, 5.41) is 0. The molecule has 2 nitrogen and oxygen atoms in total. The lowest BCUT2D eigenvalue weighted by atomic mass is 9.99. The van der Waals surface area contributed by atoms with Crippen molar-refractivity contribution in [2.24, 2.45) is 9.98 Å². The molecule has 0 saturated heterocycles. The highest BCUT2D eigenvalue weighted by atomic mass is 14.8. The summed E-state index contributed by atoms with van der Waals surface area (Å²) in [5.41, 5.74) is 8.72. The molecule has 38 heavy (non-hydrogen) atoms. The van der Waals surface area contributed by atoms with Crippen molar-refractivity contribution in [1.82, 2.24) is 0 Å². The maximum atomic E-state index is 5.35. The van der Waals surface area contributed by atoms with Gasteiger partial charge in [0.2, 0.25) is 0 Å². The molecule has 0 fully saturated rings. The van der Waals surface area contributed by atoms with Crippen molar-refractivity contribution in [3.8, 4) is 0 Å². The number of aliphatic imine (C=N–C) groups is 2. The normalized spacial score (nSPS) is 12.3. The van der Waals surface area contributed by atoms with Gasteiger partial charge in [-0.2, -0.15) is 0 Å². The number of aryl methyl sites for hydroxylation is 3. The van der Waals surface area contributed by atoms with Crippen LogP contribution in [0.4, 0.5) is 11.4 Å². The van der Waals surface area contributed by atoms with Crippen LogP contribution in [0.25, 0.3) is 0 Å². The summed E-state index contributed by atoms with van der Waals surface area (Å²) in [6.45, 7) is 11.3. The van der Waals surface area contributed by atoms with Crippen LogP contribution in [-0.2, 0) is 19.3 Å². The van der Waals surface area contributed by atoms with E-state index in [2.05, 4.69) is 77.1 Å². The first kappa shape index (κ1) is 32.0. The third kappa shape index (κ3) is 12.5. The first-order valence-electron chi connectivity index (χ1n) is 16.0. The molecular formula is C36H56N2. The third-order valence-electron chi connectivity index (χ3n) is 7.59. The molecule has 2 rings (SSSR count). The second-order valence-electron chi connectivity index (χ2n) is 10.9. The molecule has 0 unspecified atom stereocenters. The van der Waals surface area contributed by atoms with Crippen LogP contribution in [0.3, 0.4) is 0 Å². The molecule has 0 saturated carbocycles. The molecule has 2 aromatic rings. The van der Waals surface area contributed by atoms with Crippen LogP contribution in [0.1, 0.15) is 141 Å². The molecule has 0 aliphatic carbocycles. The Balaban J connectivity index is 2.36.